The lowest BCUT2D eigenvalue weighted by Gasteiger charge is -2.08. The number of carboxylic acid groups (broad SMARTS) is 4. The van der Waals surface area contributed by atoms with Crippen molar-refractivity contribution in [1.29, 1.82) is 0 Å². The fourth-order valence-electron chi connectivity index (χ4n) is 2.08. The molecule has 0 saturated carbocycles. The van der Waals surface area contributed by atoms with Gasteiger partial charge in [-0.1, -0.05) is 0 Å². The molecule has 0 atom stereocenters. The van der Waals surface area contributed by atoms with Crippen LogP contribution in [0.4, 0.5) is 0 Å². The fourth-order valence-corrected chi connectivity index (χ4v) is 2.08. The zero-order valence-corrected chi connectivity index (χ0v) is 14.3. The van der Waals surface area contributed by atoms with E-state index in [-0.39, 0.29) is 58.2 Å². The van der Waals surface area contributed by atoms with Crippen molar-refractivity contribution < 1.29 is 39.6 Å². The van der Waals surface area contributed by atoms with Gasteiger partial charge in [0, 0.05) is 0 Å². The van der Waals surface area contributed by atoms with Crippen LogP contribution in [0.2, 0.25) is 0 Å². The van der Waals surface area contributed by atoms with E-state index in [9.17, 15) is 19.2 Å². The molecule has 0 amide bonds. The average molecular weight is 403 g/mol. The summed E-state index contributed by atoms with van der Waals surface area (Å²) in [5.41, 5.74) is -1.11. The van der Waals surface area contributed by atoms with Crippen LogP contribution in [-0.4, -0.2) is 44.3 Å². The summed E-state index contributed by atoms with van der Waals surface area (Å²) in [5, 5.41) is 36.3. The van der Waals surface area contributed by atoms with E-state index in [4.69, 9.17) is 20.4 Å². The van der Waals surface area contributed by atoms with Crippen LogP contribution in [0, 0.1) is 0 Å². The maximum atomic E-state index is 11.1. The highest BCUT2D eigenvalue weighted by Crippen LogP contribution is 2.26. The van der Waals surface area contributed by atoms with Gasteiger partial charge in [0.05, 0.1) is 22.3 Å². The van der Waals surface area contributed by atoms with Gasteiger partial charge in [0.25, 0.3) is 0 Å². The summed E-state index contributed by atoms with van der Waals surface area (Å²) in [7, 11) is 0. The summed E-state index contributed by atoms with van der Waals surface area (Å²) >= 11 is 0. The van der Waals surface area contributed by atoms with E-state index < -0.39 is 23.9 Å². The number of aromatic carboxylic acids is 4. The Morgan fingerprint density at radius 1 is 0.462 bits per heavy atom. The molecule has 0 radical (unpaired) electrons. The van der Waals surface area contributed by atoms with E-state index in [1.807, 2.05) is 0 Å². The average Bonchev–Trinajstić information content (AvgIpc) is 2.53. The topological polar surface area (TPSA) is 149 Å². The van der Waals surface area contributed by atoms with Crippen LogP contribution >= 0.6 is 24.8 Å². The molecular formula is C16H12Cl2O8. The Balaban J connectivity index is 0.00000312. The highest BCUT2D eigenvalue weighted by atomic mass is 35.5. The number of carbonyl (C=O) groups is 4. The molecule has 0 aliphatic rings. The van der Waals surface area contributed by atoms with Crippen molar-refractivity contribution in [2.75, 3.05) is 0 Å². The van der Waals surface area contributed by atoms with Crippen molar-refractivity contribution in [2.45, 2.75) is 0 Å². The molecule has 26 heavy (non-hydrogen) atoms. The van der Waals surface area contributed by atoms with Crippen LogP contribution in [0.25, 0.3) is 11.1 Å². The summed E-state index contributed by atoms with van der Waals surface area (Å²) in [6.45, 7) is 0. The zero-order chi connectivity index (χ0) is 18.0. The molecule has 0 aliphatic heterocycles. The van der Waals surface area contributed by atoms with Crippen LogP contribution in [0.5, 0.6) is 0 Å². The molecule has 0 aliphatic carbocycles. The lowest BCUT2D eigenvalue weighted by Crippen LogP contribution is -2.05. The molecule has 0 heterocycles. The molecular weight excluding hydrogens is 391 g/mol. The number of benzene rings is 2. The van der Waals surface area contributed by atoms with E-state index in [0.29, 0.717) is 0 Å². The van der Waals surface area contributed by atoms with Gasteiger partial charge in [-0.15, -0.1) is 24.8 Å². The van der Waals surface area contributed by atoms with E-state index in [2.05, 4.69) is 0 Å². The molecule has 8 nitrogen and oxygen atoms in total. The molecule has 0 fully saturated rings. The van der Waals surface area contributed by atoms with Gasteiger partial charge in [0.1, 0.15) is 0 Å². The predicted octanol–water partition coefficient (Wildman–Crippen LogP) is 2.99. The maximum Gasteiger partial charge on any atom is 0.335 e. The van der Waals surface area contributed by atoms with Crippen LogP contribution < -0.4 is 0 Å². The van der Waals surface area contributed by atoms with Crippen molar-refractivity contribution >= 4 is 48.7 Å². The first kappa shape index (κ1) is 22.9. The largest absolute Gasteiger partial charge is 0.478 e. The third kappa shape index (κ3) is 4.95. The van der Waals surface area contributed by atoms with Crippen molar-refractivity contribution in [1.82, 2.24) is 0 Å². The second-order valence-corrected chi connectivity index (χ2v) is 4.82. The molecule has 0 spiro atoms. The highest BCUT2D eigenvalue weighted by molar-refractivity contribution is 5.99. The SMILES string of the molecule is Cl.Cl.O=C(O)c1cc(C(=O)O)cc(-c2cc(C(=O)O)cc(C(=O)O)c2)c1. The van der Waals surface area contributed by atoms with E-state index >= 15 is 0 Å². The minimum absolute atomic E-state index is 0. The standard InChI is InChI=1S/C16H10O8.2ClH/c17-13(18)9-1-7(2-10(5-9)14(19)20)8-3-11(15(21)22)6-12(4-8)16(23)24;;/h1-6H,(H,17,18)(H,19,20)(H,21,22)(H,23,24);2*1H. The molecule has 138 valence electrons. The van der Waals surface area contributed by atoms with Crippen molar-refractivity contribution in [2.24, 2.45) is 0 Å². The first-order valence-electron chi connectivity index (χ1n) is 6.43. The molecule has 2 aromatic carbocycles. The van der Waals surface area contributed by atoms with Crippen molar-refractivity contribution in [3.8, 4) is 11.1 Å². The summed E-state index contributed by atoms with van der Waals surface area (Å²) < 4.78 is 0. The third-order valence-corrected chi connectivity index (χ3v) is 3.19. The highest BCUT2D eigenvalue weighted by Gasteiger charge is 2.16. The molecule has 2 aromatic rings. The monoisotopic (exact) mass is 402 g/mol. The summed E-state index contributed by atoms with van der Waals surface area (Å²) in [6, 6.07) is 6.46. The predicted molar refractivity (Wildman–Crippen MR) is 94.2 cm³/mol. The molecule has 2 rings (SSSR count). The molecule has 10 heteroatoms. The van der Waals surface area contributed by atoms with Gasteiger partial charge in [0.15, 0.2) is 0 Å². The minimum atomic E-state index is -1.37. The van der Waals surface area contributed by atoms with Gasteiger partial charge in [-0.25, -0.2) is 19.2 Å². The van der Waals surface area contributed by atoms with Gasteiger partial charge < -0.3 is 20.4 Å². The van der Waals surface area contributed by atoms with Crippen LogP contribution in [-0.2, 0) is 0 Å². The Morgan fingerprint density at radius 3 is 0.808 bits per heavy atom. The summed E-state index contributed by atoms with van der Waals surface area (Å²) in [5.74, 6) is -5.47. The summed E-state index contributed by atoms with van der Waals surface area (Å²) in [4.78, 5) is 44.5. The number of rotatable bonds is 5. The molecule has 0 unspecified atom stereocenters. The molecule has 0 saturated heterocycles. The van der Waals surface area contributed by atoms with Crippen molar-refractivity contribution in [3.05, 3.63) is 58.7 Å². The zero-order valence-electron chi connectivity index (χ0n) is 12.7. The Labute approximate surface area is 158 Å². The van der Waals surface area contributed by atoms with E-state index in [1.54, 1.807) is 0 Å². The number of halogens is 2. The Kier molecular flexibility index (Phi) is 7.78. The van der Waals surface area contributed by atoms with E-state index in [1.165, 1.54) is 0 Å². The number of hydrogen-bond donors (Lipinski definition) is 4. The van der Waals surface area contributed by atoms with Crippen LogP contribution in [0.3, 0.4) is 0 Å². The minimum Gasteiger partial charge on any atom is -0.478 e. The third-order valence-electron chi connectivity index (χ3n) is 3.19. The quantitative estimate of drug-likeness (QED) is 0.595. The van der Waals surface area contributed by atoms with Gasteiger partial charge in [-0.05, 0) is 47.5 Å². The first-order valence-corrected chi connectivity index (χ1v) is 6.43. The lowest BCUT2D eigenvalue weighted by atomic mass is 9.96. The Hall–Kier alpha value is -3.10. The first-order chi connectivity index (χ1) is 11.2. The Bertz CT molecular complexity index is 754. The maximum absolute atomic E-state index is 11.1. The van der Waals surface area contributed by atoms with Gasteiger partial charge in [-0.3, -0.25) is 0 Å². The second kappa shape index (κ2) is 8.84. The van der Waals surface area contributed by atoms with Crippen molar-refractivity contribution in [3.63, 3.8) is 0 Å². The van der Waals surface area contributed by atoms with Gasteiger partial charge in [-0.2, -0.15) is 0 Å². The molecule has 0 bridgehead atoms. The second-order valence-electron chi connectivity index (χ2n) is 4.82. The van der Waals surface area contributed by atoms with Crippen LogP contribution in [0.15, 0.2) is 36.4 Å². The number of carboxylic acids is 4. The normalized spacial score (nSPS) is 9.38. The molecule has 4 N–H and O–H groups in total. The fraction of sp³-hybridized carbons (Fsp3) is 0. The molecule has 0 aromatic heterocycles. The smallest absolute Gasteiger partial charge is 0.335 e. The van der Waals surface area contributed by atoms with Gasteiger partial charge >= 0.3 is 23.9 Å². The van der Waals surface area contributed by atoms with Crippen LogP contribution in [0.1, 0.15) is 41.4 Å². The van der Waals surface area contributed by atoms with E-state index in [0.717, 1.165) is 36.4 Å². The lowest BCUT2D eigenvalue weighted by molar-refractivity contribution is 0.0676. The Morgan fingerprint density at radius 2 is 0.654 bits per heavy atom. The van der Waals surface area contributed by atoms with Gasteiger partial charge in [0.2, 0.25) is 0 Å². The number of hydrogen-bond acceptors (Lipinski definition) is 4. The summed E-state index contributed by atoms with van der Waals surface area (Å²) in [6.07, 6.45) is 0.